The normalized spacial score (nSPS) is 26.6. The standard InChI is InChI=1S/C18H18N4OS/c1-12-4-3-9-22(11-12)16-15(13-5-7-20-8-6-13)14(10-19)17(24)21-18(16,2)23/h3-9,11,15-16,19,23H,1-2H3/p+1/t15-,16+,18+/m0/s1. The molecule has 3 N–H and O–H groups in total. The maximum absolute atomic E-state index is 11.1. The Morgan fingerprint density at radius 2 is 2.08 bits per heavy atom. The fourth-order valence-electron chi connectivity index (χ4n) is 3.30. The van der Waals surface area contributed by atoms with Crippen LogP contribution in [0.5, 0.6) is 0 Å². The molecule has 0 aromatic carbocycles. The Morgan fingerprint density at radius 3 is 2.71 bits per heavy atom. The van der Waals surface area contributed by atoms with Gasteiger partial charge in [0.2, 0.25) is 6.04 Å². The van der Waals surface area contributed by atoms with Gasteiger partial charge in [-0.05, 0) is 43.5 Å². The van der Waals surface area contributed by atoms with Crippen LogP contribution >= 0.6 is 12.2 Å². The van der Waals surface area contributed by atoms with Crippen molar-refractivity contribution < 1.29 is 9.67 Å². The second-order valence-corrected chi connectivity index (χ2v) is 6.58. The number of aromatic nitrogens is 2. The second-order valence-electron chi connectivity index (χ2n) is 6.17. The molecule has 3 heterocycles. The van der Waals surface area contributed by atoms with Crippen molar-refractivity contribution in [3.05, 3.63) is 65.8 Å². The van der Waals surface area contributed by atoms with Crippen LogP contribution < -0.4 is 9.88 Å². The summed E-state index contributed by atoms with van der Waals surface area (Å²) in [6.07, 6.45) is 7.30. The summed E-state index contributed by atoms with van der Waals surface area (Å²) in [4.78, 5) is 4.41. The van der Waals surface area contributed by atoms with Gasteiger partial charge in [-0.1, -0.05) is 12.2 Å². The molecule has 0 aliphatic carbocycles. The van der Waals surface area contributed by atoms with Gasteiger partial charge in [0, 0.05) is 24.0 Å². The van der Waals surface area contributed by atoms with Gasteiger partial charge >= 0.3 is 0 Å². The van der Waals surface area contributed by atoms with Gasteiger partial charge in [0.15, 0.2) is 18.1 Å². The number of pyridine rings is 2. The highest BCUT2D eigenvalue weighted by Crippen LogP contribution is 2.40. The summed E-state index contributed by atoms with van der Waals surface area (Å²) in [7, 11) is 0. The molecule has 0 radical (unpaired) electrons. The van der Waals surface area contributed by atoms with Crippen LogP contribution in [0.1, 0.15) is 30.0 Å². The molecule has 0 amide bonds. The van der Waals surface area contributed by atoms with E-state index in [9.17, 15) is 5.11 Å². The third-order valence-corrected chi connectivity index (χ3v) is 4.63. The van der Waals surface area contributed by atoms with Crippen LogP contribution in [0.15, 0.2) is 54.6 Å². The van der Waals surface area contributed by atoms with Gasteiger partial charge in [-0.15, -0.1) is 0 Å². The number of nitrogens with zero attached hydrogens (tertiary/aromatic N) is 2. The van der Waals surface area contributed by atoms with Crippen molar-refractivity contribution in [2.75, 3.05) is 0 Å². The molecule has 1 aliphatic heterocycles. The van der Waals surface area contributed by atoms with Crippen LogP contribution in [0.3, 0.4) is 0 Å². The number of aliphatic hydroxyl groups is 1. The Balaban J connectivity index is 2.23. The third kappa shape index (κ3) is 2.87. The van der Waals surface area contributed by atoms with E-state index in [1.807, 2.05) is 48.1 Å². The molecule has 0 bridgehead atoms. The monoisotopic (exact) mass is 339 g/mol. The first-order chi connectivity index (χ1) is 11.4. The number of piperidine rings is 1. The lowest BCUT2D eigenvalue weighted by molar-refractivity contribution is -0.740. The summed E-state index contributed by atoms with van der Waals surface area (Å²) in [5.41, 5.74) is 1.30. The topological polar surface area (TPSA) is 72.9 Å². The summed E-state index contributed by atoms with van der Waals surface area (Å²) >= 11 is 5.37. The average molecular weight is 339 g/mol. The number of hydrogen-bond acceptors (Lipinski definition) is 4. The highest BCUT2D eigenvalue weighted by Gasteiger charge is 2.52. The van der Waals surface area contributed by atoms with Crippen molar-refractivity contribution in [3.8, 4) is 0 Å². The van der Waals surface area contributed by atoms with Gasteiger partial charge in [-0.25, -0.2) is 0 Å². The van der Waals surface area contributed by atoms with Crippen molar-refractivity contribution >= 4 is 23.1 Å². The van der Waals surface area contributed by atoms with Crippen LogP contribution in [-0.4, -0.2) is 26.7 Å². The first-order valence-corrected chi connectivity index (χ1v) is 8.06. The number of hydrogen-bond donors (Lipinski definition) is 3. The lowest BCUT2D eigenvalue weighted by atomic mass is 9.77. The van der Waals surface area contributed by atoms with Crippen LogP contribution in [0.2, 0.25) is 0 Å². The van der Waals surface area contributed by atoms with Crippen molar-refractivity contribution in [2.45, 2.75) is 31.5 Å². The maximum Gasteiger partial charge on any atom is 0.216 e. The molecule has 122 valence electrons. The molecule has 3 atom stereocenters. The molecule has 6 heteroatoms. The quantitative estimate of drug-likeness (QED) is 0.338. The minimum absolute atomic E-state index is 0.305. The van der Waals surface area contributed by atoms with Crippen molar-refractivity contribution in [1.82, 2.24) is 10.3 Å². The summed E-state index contributed by atoms with van der Waals surface area (Å²) in [5.74, 6) is 2.17. The summed E-state index contributed by atoms with van der Waals surface area (Å²) in [6, 6.07) is 7.32. The van der Waals surface area contributed by atoms with Gasteiger partial charge in [-0.3, -0.25) is 10.4 Å². The summed E-state index contributed by atoms with van der Waals surface area (Å²) in [5, 5.41) is 21.7. The predicted octanol–water partition coefficient (Wildman–Crippen LogP) is 1.82. The molecule has 0 saturated carbocycles. The second kappa shape index (κ2) is 6.24. The molecular weight excluding hydrogens is 320 g/mol. The predicted molar refractivity (Wildman–Crippen MR) is 95.0 cm³/mol. The van der Waals surface area contributed by atoms with Gasteiger partial charge in [0.05, 0.1) is 11.5 Å². The van der Waals surface area contributed by atoms with Gasteiger partial charge < -0.3 is 10.4 Å². The average Bonchev–Trinajstić information content (AvgIpc) is 2.54. The zero-order valence-corrected chi connectivity index (χ0v) is 14.3. The number of nitrogens with one attached hydrogen (secondary N) is 2. The largest absolute Gasteiger partial charge is 0.366 e. The molecule has 2 aromatic rings. The van der Waals surface area contributed by atoms with E-state index in [-0.39, 0.29) is 12.0 Å². The molecule has 5 nitrogen and oxygen atoms in total. The van der Waals surface area contributed by atoms with Crippen LogP contribution in [-0.2, 0) is 0 Å². The lowest BCUT2D eigenvalue weighted by Gasteiger charge is -2.40. The Hall–Kier alpha value is -2.40. The van der Waals surface area contributed by atoms with E-state index in [0.29, 0.717) is 10.6 Å². The van der Waals surface area contributed by atoms with Crippen molar-refractivity contribution in [1.29, 1.82) is 5.41 Å². The fourth-order valence-corrected chi connectivity index (χ4v) is 3.68. The van der Waals surface area contributed by atoms with E-state index in [1.165, 1.54) is 0 Å². The molecule has 3 rings (SSSR count). The highest BCUT2D eigenvalue weighted by atomic mass is 32.1. The first-order valence-electron chi connectivity index (χ1n) is 7.66. The van der Waals surface area contributed by atoms with E-state index in [1.54, 1.807) is 19.3 Å². The van der Waals surface area contributed by atoms with Gasteiger partial charge in [0.1, 0.15) is 4.99 Å². The van der Waals surface area contributed by atoms with Crippen LogP contribution in [0.4, 0.5) is 0 Å². The SMILES string of the molecule is Cc1ccc[n+]([C@@H]2[C@@H](c3ccncc3)C(=C=N)C(=S)N[C@]2(C)O)c1. The summed E-state index contributed by atoms with van der Waals surface area (Å²) in [6.45, 7) is 3.70. The van der Waals surface area contributed by atoms with E-state index in [4.69, 9.17) is 17.6 Å². The third-order valence-electron chi connectivity index (χ3n) is 4.31. The van der Waals surface area contributed by atoms with E-state index >= 15 is 0 Å². The number of aryl methyl sites for hydroxylation is 1. The number of rotatable bonds is 2. The Bertz CT molecular complexity index is 828. The molecule has 0 unspecified atom stereocenters. The Labute approximate surface area is 146 Å². The van der Waals surface area contributed by atoms with Gasteiger partial charge in [-0.2, -0.15) is 4.57 Å². The summed E-state index contributed by atoms with van der Waals surface area (Å²) < 4.78 is 1.96. The Kier molecular flexibility index (Phi) is 4.28. The van der Waals surface area contributed by atoms with Gasteiger partial charge in [0.25, 0.3) is 0 Å². The highest BCUT2D eigenvalue weighted by molar-refractivity contribution is 7.80. The minimum atomic E-state index is -1.27. The fraction of sp³-hybridized carbons (Fsp3) is 0.278. The molecule has 0 spiro atoms. The molecule has 1 aliphatic rings. The Morgan fingerprint density at radius 1 is 1.38 bits per heavy atom. The van der Waals surface area contributed by atoms with Crippen LogP contribution in [0, 0.1) is 12.3 Å². The molecule has 1 saturated heterocycles. The molecular formula is C18H19N4OS+. The maximum atomic E-state index is 11.1. The van der Waals surface area contributed by atoms with E-state index in [0.717, 1.165) is 11.1 Å². The zero-order chi connectivity index (χ0) is 17.3. The van der Waals surface area contributed by atoms with E-state index in [2.05, 4.69) is 16.2 Å². The van der Waals surface area contributed by atoms with Crippen LogP contribution in [0.25, 0.3) is 0 Å². The minimum Gasteiger partial charge on any atom is -0.366 e. The van der Waals surface area contributed by atoms with Crippen molar-refractivity contribution in [3.63, 3.8) is 0 Å². The number of thiocarbonyl (C=S) groups is 1. The lowest BCUT2D eigenvalue weighted by Crippen LogP contribution is -2.66. The first kappa shape index (κ1) is 16.5. The molecule has 24 heavy (non-hydrogen) atoms. The molecule has 2 aromatic heterocycles. The zero-order valence-electron chi connectivity index (χ0n) is 13.5. The van der Waals surface area contributed by atoms with E-state index < -0.39 is 5.72 Å². The molecule has 1 fully saturated rings. The smallest absolute Gasteiger partial charge is 0.216 e. The van der Waals surface area contributed by atoms with Crippen molar-refractivity contribution in [2.24, 2.45) is 0 Å².